The van der Waals surface area contributed by atoms with Gasteiger partial charge in [0.2, 0.25) is 5.91 Å². The first-order chi connectivity index (χ1) is 13.6. The topological polar surface area (TPSA) is 68.8 Å². The van der Waals surface area contributed by atoms with Crippen LogP contribution < -0.4 is 0 Å². The lowest BCUT2D eigenvalue weighted by atomic mass is 9.97. The molecule has 0 fully saturated rings. The molecule has 7 nitrogen and oxygen atoms in total. The van der Waals surface area contributed by atoms with E-state index in [-0.39, 0.29) is 11.8 Å². The first kappa shape index (κ1) is 18.4. The second-order valence-electron chi connectivity index (χ2n) is 7.38. The maximum atomic E-state index is 13.2. The smallest absolute Gasteiger partial charge is 0.233 e. The minimum absolute atomic E-state index is 0.0941. The molecule has 1 aromatic carbocycles. The van der Waals surface area contributed by atoms with Crippen molar-refractivity contribution in [2.24, 2.45) is 0 Å². The molecule has 1 aliphatic heterocycles. The Morgan fingerprint density at radius 3 is 2.75 bits per heavy atom. The number of carbonyl (C=O) groups excluding carboxylic acids is 1. The molecule has 0 radical (unpaired) electrons. The lowest BCUT2D eigenvalue weighted by Gasteiger charge is -2.27. The van der Waals surface area contributed by atoms with Crippen LogP contribution in [0.15, 0.2) is 36.5 Å². The zero-order valence-corrected chi connectivity index (χ0v) is 16.7. The molecule has 3 heterocycles. The molecular weight excluding hydrogens is 352 g/mol. The molecule has 1 aliphatic rings. The van der Waals surface area contributed by atoms with E-state index < -0.39 is 0 Å². The van der Waals surface area contributed by atoms with Crippen LogP contribution in [0, 0.1) is 6.92 Å². The number of benzene rings is 1. The van der Waals surface area contributed by atoms with Crippen LogP contribution in [-0.4, -0.2) is 42.4 Å². The molecule has 0 saturated carbocycles. The van der Waals surface area contributed by atoms with Gasteiger partial charge >= 0.3 is 0 Å². The summed E-state index contributed by atoms with van der Waals surface area (Å²) in [7, 11) is 1.86. The van der Waals surface area contributed by atoms with Crippen LogP contribution >= 0.6 is 0 Å². The Labute approximate surface area is 165 Å². The van der Waals surface area contributed by atoms with Crippen molar-refractivity contribution in [3.05, 3.63) is 53.6 Å². The number of fused-ring (bicyclic) bond motifs is 1. The molecule has 0 saturated heterocycles. The van der Waals surface area contributed by atoms with Gasteiger partial charge < -0.3 is 9.47 Å². The normalized spacial score (nSPS) is 16.0. The molecule has 1 amide bonds. The maximum absolute atomic E-state index is 13.2. The van der Waals surface area contributed by atoms with Gasteiger partial charge in [0.05, 0.1) is 11.6 Å². The van der Waals surface area contributed by atoms with E-state index in [1.54, 1.807) is 4.90 Å². The summed E-state index contributed by atoms with van der Waals surface area (Å²) >= 11 is 0. The average molecular weight is 378 g/mol. The monoisotopic (exact) mass is 378 g/mol. The number of carbonyl (C=O) groups is 1. The van der Waals surface area contributed by atoms with Crippen LogP contribution in [0.5, 0.6) is 0 Å². The first-order valence-corrected chi connectivity index (χ1v) is 9.85. The minimum Gasteiger partial charge on any atom is -0.341 e. The summed E-state index contributed by atoms with van der Waals surface area (Å²) in [5.74, 6) is 1.47. The summed E-state index contributed by atoms with van der Waals surface area (Å²) in [5, 5.41) is 13.3. The highest BCUT2D eigenvalue weighted by atomic mass is 16.2. The van der Waals surface area contributed by atoms with Crippen molar-refractivity contribution in [3.63, 3.8) is 0 Å². The molecule has 1 unspecified atom stereocenters. The fourth-order valence-corrected chi connectivity index (χ4v) is 3.89. The molecule has 0 bridgehead atoms. The standard InChI is InChI=1S/C21H26N6O/c1-4-26-14-17(15(2)24-26)13-25(3)21(28)18-11-8-12-27-19(22-23-20(18)27)16-9-6-5-7-10-16/h5-7,9-10,14,18H,4,8,11-13H2,1-3H3. The Kier molecular flexibility index (Phi) is 4.98. The summed E-state index contributed by atoms with van der Waals surface area (Å²) in [6.07, 6.45) is 3.78. The minimum atomic E-state index is -0.245. The molecule has 0 aliphatic carbocycles. The molecule has 146 valence electrons. The van der Waals surface area contributed by atoms with Crippen LogP contribution in [0.1, 0.15) is 42.8 Å². The lowest BCUT2D eigenvalue weighted by molar-refractivity contribution is -0.132. The van der Waals surface area contributed by atoms with Crippen molar-refractivity contribution in [2.45, 2.75) is 52.2 Å². The van der Waals surface area contributed by atoms with Crippen molar-refractivity contribution in [3.8, 4) is 11.4 Å². The van der Waals surface area contributed by atoms with Crippen molar-refractivity contribution in [1.29, 1.82) is 0 Å². The summed E-state index contributed by atoms with van der Waals surface area (Å²) in [6.45, 7) is 6.28. The van der Waals surface area contributed by atoms with Crippen LogP contribution in [0.2, 0.25) is 0 Å². The van der Waals surface area contributed by atoms with E-state index in [0.717, 1.165) is 54.4 Å². The zero-order chi connectivity index (χ0) is 19.7. The summed E-state index contributed by atoms with van der Waals surface area (Å²) in [6, 6.07) is 10.0. The van der Waals surface area contributed by atoms with E-state index in [2.05, 4.69) is 26.8 Å². The van der Waals surface area contributed by atoms with Gasteiger partial charge in [-0.15, -0.1) is 10.2 Å². The number of likely N-dealkylation sites (N-methyl/N-ethyl adjacent to an activating group) is 1. The quantitative estimate of drug-likeness (QED) is 0.684. The van der Waals surface area contributed by atoms with Gasteiger partial charge in [-0.05, 0) is 26.7 Å². The van der Waals surface area contributed by atoms with E-state index in [0.29, 0.717) is 6.54 Å². The van der Waals surface area contributed by atoms with E-state index in [9.17, 15) is 4.79 Å². The highest BCUT2D eigenvalue weighted by Gasteiger charge is 2.33. The van der Waals surface area contributed by atoms with Crippen LogP contribution in [0.4, 0.5) is 0 Å². The van der Waals surface area contributed by atoms with Crippen molar-refractivity contribution in [2.75, 3.05) is 7.05 Å². The van der Waals surface area contributed by atoms with Crippen molar-refractivity contribution in [1.82, 2.24) is 29.4 Å². The third-order valence-corrected chi connectivity index (χ3v) is 5.45. The summed E-state index contributed by atoms with van der Waals surface area (Å²) < 4.78 is 4.02. The molecule has 28 heavy (non-hydrogen) atoms. The number of aryl methyl sites for hydroxylation is 2. The predicted molar refractivity (Wildman–Crippen MR) is 107 cm³/mol. The lowest BCUT2D eigenvalue weighted by Crippen LogP contribution is -2.34. The van der Waals surface area contributed by atoms with E-state index in [1.807, 2.05) is 55.2 Å². The molecular formula is C21H26N6O. The van der Waals surface area contributed by atoms with Gasteiger partial charge in [0.1, 0.15) is 5.82 Å². The second kappa shape index (κ2) is 7.58. The fraction of sp³-hybridized carbons (Fsp3) is 0.429. The number of amides is 1. The van der Waals surface area contributed by atoms with Gasteiger partial charge in [-0.2, -0.15) is 5.10 Å². The third kappa shape index (κ3) is 3.32. The maximum Gasteiger partial charge on any atom is 0.233 e. The molecule has 0 N–H and O–H groups in total. The van der Waals surface area contributed by atoms with Gasteiger partial charge in [0.25, 0.3) is 0 Å². The zero-order valence-electron chi connectivity index (χ0n) is 16.7. The SMILES string of the molecule is CCn1cc(CN(C)C(=O)C2CCCn3c(-c4ccccc4)nnc32)c(C)n1. The summed E-state index contributed by atoms with van der Waals surface area (Å²) in [5.41, 5.74) is 3.09. The van der Waals surface area contributed by atoms with Crippen LogP contribution in [0.25, 0.3) is 11.4 Å². The predicted octanol–water partition coefficient (Wildman–Crippen LogP) is 3.01. The summed E-state index contributed by atoms with van der Waals surface area (Å²) in [4.78, 5) is 15.0. The highest BCUT2D eigenvalue weighted by molar-refractivity contribution is 5.83. The molecule has 2 aromatic heterocycles. The fourth-order valence-electron chi connectivity index (χ4n) is 3.89. The average Bonchev–Trinajstić information content (AvgIpc) is 3.31. The first-order valence-electron chi connectivity index (χ1n) is 9.85. The van der Waals surface area contributed by atoms with Gasteiger partial charge in [-0.25, -0.2) is 0 Å². The third-order valence-electron chi connectivity index (χ3n) is 5.45. The van der Waals surface area contributed by atoms with Crippen molar-refractivity contribution >= 4 is 5.91 Å². The van der Waals surface area contributed by atoms with Gasteiger partial charge in [-0.3, -0.25) is 9.48 Å². The van der Waals surface area contributed by atoms with Gasteiger partial charge in [0, 0.05) is 44.0 Å². The van der Waals surface area contributed by atoms with E-state index >= 15 is 0 Å². The number of hydrogen-bond donors (Lipinski definition) is 0. The number of aromatic nitrogens is 5. The highest BCUT2D eigenvalue weighted by Crippen LogP contribution is 2.31. The molecule has 4 rings (SSSR count). The number of rotatable bonds is 5. The van der Waals surface area contributed by atoms with E-state index in [4.69, 9.17) is 0 Å². The largest absolute Gasteiger partial charge is 0.341 e. The molecule has 7 heteroatoms. The Morgan fingerprint density at radius 1 is 1.25 bits per heavy atom. The Hall–Kier alpha value is -2.96. The van der Waals surface area contributed by atoms with Gasteiger partial charge in [-0.1, -0.05) is 30.3 Å². The molecule has 0 spiro atoms. The second-order valence-corrected chi connectivity index (χ2v) is 7.38. The molecule has 1 atom stereocenters. The van der Waals surface area contributed by atoms with Gasteiger partial charge in [0.15, 0.2) is 5.82 Å². The Balaban J connectivity index is 1.56. The number of nitrogens with zero attached hydrogens (tertiary/aromatic N) is 6. The van der Waals surface area contributed by atoms with Crippen LogP contribution in [0.3, 0.4) is 0 Å². The Bertz CT molecular complexity index is 974. The number of hydrogen-bond acceptors (Lipinski definition) is 4. The Morgan fingerprint density at radius 2 is 2.04 bits per heavy atom. The van der Waals surface area contributed by atoms with Crippen molar-refractivity contribution < 1.29 is 4.79 Å². The molecule has 3 aromatic rings. The van der Waals surface area contributed by atoms with Crippen LogP contribution in [-0.2, 0) is 24.4 Å². The van der Waals surface area contributed by atoms with E-state index in [1.165, 1.54) is 0 Å².